The van der Waals surface area contributed by atoms with E-state index in [0.29, 0.717) is 5.92 Å². The third kappa shape index (κ3) is 5.16. The van der Waals surface area contributed by atoms with Crippen molar-refractivity contribution in [1.29, 1.82) is 0 Å². The monoisotopic (exact) mass is 380 g/mol. The average Bonchev–Trinajstić information content (AvgIpc) is 3.53. The lowest BCUT2D eigenvalue weighted by Gasteiger charge is -2.38. The zero-order valence-corrected chi connectivity index (χ0v) is 17.5. The van der Waals surface area contributed by atoms with Crippen LogP contribution in [0.5, 0.6) is 0 Å². The Balaban J connectivity index is 1.31. The molecule has 2 aliphatic rings. The van der Waals surface area contributed by atoms with E-state index in [0.717, 1.165) is 18.6 Å². The SMILES string of the molecule is CC(C)c1ccc(CN2CCC(N(Sc3ccccc3)C3CC3)CC2)cc1. The molecule has 2 fully saturated rings. The van der Waals surface area contributed by atoms with Crippen molar-refractivity contribution in [2.24, 2.45) is 0 Å². The van der Waals surface area contributed by atoms with Crippen LogP contribution in [-0.2, 0) is 6.54 Å². The van der Waals surface area contributed by atoms with Crippen LogP contribution in [0.15, 0.2) is 59.5 Å². The lowest BCUT2D eigenvalue weighted by molar-refractivity contribution is 0.156. The van der Waals surface area contributed by atoms with Gasteiger partial charge in [0.15, 0.2) is 0 Å². The Morgan fingerprint density at radius 2 is 1.52 bits per heavy atom. The Bertz CT molecular complexity index is 701. The van der Waals surface area contributed by atoms with Crippen LogP contribution >= 0.6 is 11.9 Å². The summed E-state index contributed by atoms with van der Waals surface area (Å²) >= 11 is 1.99. The highest BCUT2D eigenvalue weighted by Crippen LogP contribution is 2.40. The Morgan fingerprint density at radius 1 is 0.889 bits per heavy atom. The molecule has 2 nitrogen and oxygen atoms in total. The second kappa shape index (κ2) is 8.81. The maximum atomic E-state index is 2.73. The first-order valence-electron chi connectivity index (χ1n) is 10.5. The summed E-state index contributed by atoms with van der Waals surface area (Å²) < 4.78 is 2.73. The minimum absolute atomic E-state index is 0.616. The Hall–Kier alpha value is -1.29. The largest absolute Gasteiger partial charge is 0.299 e. The summed E-state index contributed by atoms with van der Waals surface area (Å²) in [6.45, 7) is 8.06. The normalized spacial score (nSPS) is 19.1. The predicted molar refractivity (Wildman–Crippen MR) is 116 cm³/mol. The molecule has 1 heterocycles. The summed E-state index contributed by atoms with van der Waals surface area (Å²) in [5.74, 6) is 0.616. The number of hydrogen-bond donors (Lipinski definition) is 0. The summed E-state index contributed by atoms with van der Waals surface area (Å²) in [4.78, 5) is 4.02. The summed E-state index contributed by atoms with van der Waals surface area (Å²) in [7, 11) is 0. The van der Waals surface area contributed by atoms with E-state index in [2.05, 4.69) is 77.6 Å². The van der Waals surface area contributed by atoms with Crippen molar-refractivity contribution >= 4 is 11.9 Å². The molecular formula is C24H32N2S. The van der Waals surface area contributed by atoms with Crippen molar-refractivity contribution in [2.45, 2.75) is 69.0 Å². The molecule has 0 amide bonds. The highest BCUT2D eigenvalue weighted by atomic mass is 32.2. The Kier molecular flexibility index (Phi) is 6.21. The van der Waals surface area contributed by atoms with Crippen LogP contribution < -0.4 is 0 Å². The van der Waals surface area contributed by atoms with Gasteiger partial charge in [-0.15, -0.1) is 0 Å². The van der Waals surface area contributed by atoms with Gasteiger partial charge in [-0.1, -0.05) is 56.3 Å². The van der Waals surface area contributed by atoms with Crippen molar-refractivity contribution in [2.75, 3.05) is 13.1 Å². The number of benzene rings is 2. The van der Waals surface area contributed by atoms with Crippen LogP contribution in [0.25, 0.3) is 0 Å². The van der Waals surface area contributed by atoms with Crippen molar-refractivity contribution in [3.8, 4) is 0 Å². The molecule has 3 heteroatoms. The maximum absolute atomic E-state index is 2.73. The van der Waals surface area contributed by atoms with Gasteiger partial charge in [0.1, 0.15) is 0 Å². The van der Waals surface area contributed by atoms with Crippen LogP contribution in [-0.4, -0.2) is 34.4 Å². The van der Waals surface area contributed by atoms with Crippen molar-refractivity contribution in [3.63, 3.8) is 0 Å². The zero-order valence-electron chi connectivity index (χ0n) is 16.7. The molecule has 144 valence electrons. The number of likely N-dealkylation sites (tertiary alicyclic amines) is 1. The minimum atomic E-state index is 0.616. The predicted octanol–water partition coefficient (Wildman–Crippen LogP) is 5.95. The number of piperidine rings is 1. The van der Waals surface area contributed by atoms with E-state index in [4.69, 9.17) is 0 Å². The van der Waals surface area contributed by atoms with E-state index in [9.17, 15) is 0 Å². The van der Waals surface area contributed by atoms with Gasteiger partial charge in [0.25, 0.3) is 0 Å². The molecular weight excluding hydrogens is 348 g/mol. The molecule has 1 saturated heterocycles. The van der Waals surface area contributed by atoms with Gasteiger partial charge in [0.05, 0.1) is 0 Å². The standard InChI is InChI=1S/C24H32N2S/c1-19(2)21-10-8-20(9-11-21)18-25-16-14-23(15-17-25)26(22-12-13-22)27-24-6-4-3-5-7-24/h3-11,19,22-23H,12-18H2,1-2H3. The minimum Gasteiger partial charge on any atom is -0.299 e. The maximum Gasteiger partial charge on any atom is 0.0233 e. The van der Waals surface area contributed by atoms with Crippen molar-refractivity contribution < 1.29 is 0 Å². The second-order valence-electron chi connectivity index (χ2n) is 8.40. The van der Waals surface area contributed by atoms with E-state index >= 15 is 0 Å². The molecule has 2 aromatic carbocycles. The topological polar surface area (TPSA) is 6.48 Å². The van der Waals surface area contributed by atoms with Crippen LogP contribution in [0.1, 0.15) is 56.6 Å². The van der Waals surface area contributed by atoms with Gasteiger partial charge < -0.3 is 0 Å². The molecule has 0 atom stereocenters. The molecule has 27 heavy (non-hydrogen) atoms. The summed E-state index contributed by atoms with van der Waals surface area (Å²) in [5.41, 5.74) is 2.89. The Labute approximate surface area is 169 Å². The fourth-order valence-corrected chi connectivity index (χ4v) is 5.22. The third-order valence-corrected chi connectivity index (χ3v) is 7.12. The molecule has 0 bridgehead atoms. The van der Waals surface area contributed by atoms with E-state index < -0.39 is 0 Å². The molecule has 1 aliphatic carbocycles. The first-order valence-corrected chi connectivity index (χ1v) is 11.3. The number of rotatable bonds is 7. The first kappa shape index (κ1) is 19.0. The van der Waals surface area contributed by atoms with Crippen molar-refractivity contribution in [3.05, 3.63) is 65.7 Å². The quantitative estimate of drug-likeness (QED) is 0.548. The molecule has 0 N–H and O–H groups in total. The molecule has 0 unspecified atom stereocenters. The van der Waals surface area contributed by atoms with Gasteiger partial charge in [0.2, 0.25) is 0 Å². The zero-order chi connectivity index (χ0) is 18.6. The highest BCUT2D eigenvalue weighted by Gasteiger charge is 2.36. The van der Waals surface area contributed by atoms with Gasteiger partial charge in [-0.05, 0) is 66.8 Å². The van der Waals surface area contributed by atoms with Crippen LogP contribution in [0.2, 0.25) is 0 Å². The molecule has 1 aliphatic heterocycles. The third-order valence-electron chi connectivity index (χ3n) is 5.83. The van der Waals surface area contributed by atoms with Gasteiger partial charge in [-0.2, -0.15) is 0 Å². The first-order chi connectivity index (χ1) is 13.2. The van der Waals surface area contributed by atoms with Gasteiger partial charge in [0, 0.05) is 36.6 Å². The number of nitrogens with zero attached hydrogens (tertiary/aromatic N) is 2. The lowest BCUT2D eigenvalue weighted by atomic mass is 10.0. The molecule has 1 saturated carbocycles. The van der Waals surface area contributed by atoms with Gasteiger partial charge in [-0.25, -0.2) is 4.31 Å². The number of hydrogen-bond acceptors (Lipinski definition) is 3. The molecule has 2 aromatic rings. The smallest absolute Gasteiger partial charge is 0.0233 e. The molecule has 0 aromatic heterocycles. The second-order valence-corrected chi connectivity index (χ2v) is 9.47. The molecule has 4 rings (SSSR count). The molecule has 0 spiro atoms. The van der Waals surface area contributed by atoms with Crippen LogP contribution in [0.3, 0.4) is 0 Å². The van der Waals surface area contributed by atoms with Gasteiger partial charge in [-0.3, -0.25) is 4.90 Å². The Morgan fingerprint density at radius 3 is 2.11 bits per heavy atom. The van der Waals surface area contributed by atoms with E-state index in [1.807, 2.05) is 11.9 Å². The fourth-order valence-electron chi connectivity index (χ4n) is 3.98. The lowest BCUT2D eigenvalue weighted by Crippen LogP contribution is -2.42. The average molecular weight is 381 g/mol. The van der Waals surface area contributed by atoms with Crippen LogP contribution in [0, 0.1) is 0 Å². The molecule has 0 radical (unpaired) electrons. The summed E-state index contributed by atoms with van der Waals surface area (Å²) in [6, 6.07) is 21.7. The van der Waals surface area contributed by atoms with Gasteiger partial charge >= 0.3 is 0 Å². The summed E-state index contributed by atoms with van der Waals surface area (Å²) in [5, 5.41) is 0. The van der Waals surface area contributed by atoms with E-state index in [1.54, 1.807) is 0 Å². The van der Waals surface area contributed by atoms with Crippen LogP contribution in [0.4, 0.5) is 0 Å². The summed E-state index contributed by atoms with van der Waals surface area (Å²) in [6.07, 6.45) is 5.34. The van der Waals surface area contributed by atoms with E-state index in [-0.39, 0.29) is 0 Å². The van der Waals surface area contributed by atoms with E-state index in [1.165, 1.54) is 54.8 Å². The highest BCUT2D eigenvalue weighted by molar-refractivity contribution is 7.97. The fraction of sp³-hybridized carbons (Fsp3) is 0.500. The van der Waals surface area contributed by atoms with Crippen molar-refractivity contribution in [1.82, 2.24) is 9.21 Å².